The minimum atomic E-state index is -3.78. The second-order valence-electron chi connectivity index (χ2n) is 6.09. The van der Waals surface area contributed by atoms with E-state index in [1.165, 1.54) is 3.97 Å². The van der Waals surface area contributed by atoms with Crippen LogP contribution in [0.1, 0.15) is 11.4 Å². The smallest absolute Gasteiger partial charge is 0.269 e. The molecule has 0 atom stereocenters. The zero-order valence-electron chi connectivity index (χ0n) is 14.7. The molecule has 0 saturated heterocycles. The lowest BCUT2D eigenvalue weighted by molar-refractivity contribution is 0.410. The molecule has 0 aliphatic heterocycles. The highest BCUT2D eigenvalue weighted by atomic mass is 32.2. The summed E-state index contributed by atoms with van der Waals surface area (Å²) in [7, 11) is -2.18. The van der Waals surface area contributed by atoms with Crippen molar-refractivity contribution in [2.75, 3.05) is 7.11 Å². The Morgan fingerprint density at radius 1 is 0.889 bits per heavy atom. The molecule has 3 aromatic carbocycles. The number of methoxy groups -OCH3 is 1. The first-order valence-corrected chi connectivity index (χ1v) is 9.94. The second-order valence-corrected chi connectivity index (χ2v) is 7.87. The predicted octanol–water partition coefficient (Wildman–Crippen LogP) is 3.87. The third-order valence-electron chi connectivity index (χ3n) is 4.41. The zero-order valence-corrected chi connectivity index (χ0v) is 15.6. The van der Waals surface area contributed by atoms with Crippen LogP contribution < -0.4 is 4.74 Å². The zero-order chi connectivity index (χ0) is 18.9. The monoisotopic (exact) mass is 378 g/mol. The van der Waals surface area contributed by atoms with Crippen molar-refractivity contribution in [3.05, 3.63) is 90.3 Å². The molecule has 0 fully saturated rings. The topological polar surface area (TPSA) is 61.2 Å². The van der Waals surface area contributed by atoms with Crippen LogP contribution in [0.15, 0.2) is 83.8 Å². The Morgan fingerprint density at radius 3 is 2.33 bits per heavy atom. The molecule has 0 radical (unpaired) electrons. The average Bonchev–Trinajstić information content (AvgIpc) is 3.07. The van der Waals surface area contributed by atoms with Crippen LogP contribution in [0, 0.1) is 0 Å². The van der Waals surface area contributed by atoms with E-state index in [1.54, 1.807) is 43.5 Å². The van der Waals surface area contributed by atoms with Crippen molar-refractivity contribution >= 4 is 21.1 Å². The summed E-state index contributed by atoms with van der Waals surface area (Å²) in [5, 5.41) is 0. The van der Waals surface area contributed by atoms with Crippen molar-refractivity contribution in [2.45, 2.75) is 11.3 Å². The van der Waals surface area contributed by atoms with Crippen molar-refractivity contribution in [3.63, 3.8) is 0 Å². The Bertz CT molecular complexity index is 1200. The number of ether oxygens (including phenoxy) is 1. The lowest BCUT2D eigenvalue weighted by Gasteiger charge is -2.12. The molecular formula is C21H18N2O3S. The molecule has 136 valence electrons. The highest BCUT2D eigenvalue weighted by Crippen LogP contribution is 2.27. The van der Waals surface area contributed by atoms with Crippen LogP contribution in [0.2, 0.25) is 0 Å². The van der Waals surface area contributed by atoms with Crippen LogP contribution in [-0.2, 0) is 16.4 Å². The third kappa shape index (κ3) is 3.08. The van der Waals surface area contributed by atoms with E-state index in [9.17, 15) is 8.42 Å². The molecule has 0 saturated carbocycles. The Kier molecular flexibility index (Phi) is 4.41. The Labute approximate surface area is 157 Å². The van der Waals surface area contributed by atoms with Gasteiger partial charge in [0.25, 0.3) is 10.0 Å². The molecule has 0 N–H and O–H groups in total. The normalized spacial score (nSPS) is 11.6. The molecule has 1 aromatic heterocycles. The fraction of sp³-hybridized carbons (Fsp3) is 0.0952. The van der Waals surface area contributed by atoms with Crippen molar-refractivity contribution < 1.29 is 13.2 Å². The minimum Gasteiger partial charge on any atom is -0.496 e. The second kappa shape index (κ2) is 6.89. The van der Waals surface area contributed by atoms with Gasteiger partial charge in [-0.2, -0.15) is 0 Å². The number of benzene rings is 3. The molecule has 0 unspecified atom stereocenters. The first kappa shape index (κ1) is 17.3. The Morgan fingerprint density at radius 2 is 1.56 bits per heavy atom. The number of para-hydroxylation sites is 3. The number of hydrogen-bond donors (Lipinski definition) is 0. The molecule has 0 aliphatic rings. The molecule has 0 spiro atoms. The molecule has 0 amide bonds. The van der Waals surface area contributed by atoms with Gasteiger partial charge in [0.15, 0.2) is 0 Å². The molecule has 4 rings (SSSR count). The molecular weight excluding hydrogens is 360 g/mol. The van der Waals surface area contributed by atoms with Crippen molar-refractivity contribution in [3.8, 4) is 5.75 Å². The van der Waals surface area contributed by atoms with Crippen LogP contribution >= 0.6 is 0 Å². The van der Waals surface area contributed by atoms with Gasteiger partial charge < -0.3 is 4.74 Å². The van der Waals surface area contributed by atoms with Gasteiger partial charge in [-0.1, -0.05) is 48.5 Å². The van der Waals surface area contributed by atoms with Crippen LogP contribution in [-0.4, -0.2) is 24.5 Å². The van der Waals surface area contributed by atoms with E-state index in [2.05, 4.69) is 4.98 Å². The van der Waals surface area contributed by atoms with Gasteiger partial charge in [-0.3, -0.25) is 0 Å². The van der Waals surface area contributed by atoms with Crippen LogP contribution in [0.3, 0.4) is 0 Å². The summed E-state index contributed by atoms with van der Waals surface area (Å²) in [5.41, 5.74) is 2.08. The lowest BCUT2D eigenvalue weighted by Crippen LogP contribution is -2.16. The number of aromatic nitrogens is 2. The fourth-order valence-electron chi connectivity index (χ4n) is 3.15. The third-order valence-corrected chi connectivity index (χ3v) is 6.16. The first-order chi connectivity index (χ1) is 13.1. The van der Waals surface area contributed by atoms with Gasteiger partial charge in [-0.05, 0) is 30.3 Å². The minimum absolute atomic E-state index is 0.231. The summed E-state index contributed by atoms with van der Waals surface area (Å²) >= 11 is 0. The fourth-order valence-corrected chi connectivity index (χ4v) is 4.66. The largest absolute Gasteiger partial charge is 0.496 e. The first-order valence-electron chi connectivity index (χ1n) is 8.50. The van der Waals surface area contributed by atoms with Gasteiger partial charge in [0.1, 0.15) is 11.6 Å². The van der Waals surface area contributed by atoms with E-state index < -0.39 is 10.0 Å². The Hall–Kier alpha value is -3.12. The van der Waals surface area contributed by atoms with Gasteiger partial charge in [-0.15, -0.1) is 0 Å². The summed E-state index contributed by atoms with van der Waals surface area (Å²) < 4.78 is 33.5. The summed E-state index contributed by atoms with van der Waals surface area (Å²) in [4.78, 5) is 4.83. The maximum absolute atomic E-state index is 13.4. The molecule has 5 nitrogen and oxygen atoms in total. The number of fused-ring (bicyclic) bond motifs is 1. The molecule has 27 heavy (non-hydrogen) atoms. The Balaban J connectivity index is 1.93. The molecule has 0 bridgehead atoms. The van der Waals surface area contributed by atoms with Gasteiger partial charge in [0.05, 0.1) is 23.0 Å². The highest BCUT2D eigenvalue weighted by molar-refractivity contribution is 7.90. The summed E-state index contributed by atoms with van der Waals surface area (Å²) in [6.45, 7) is 0. The number of nitrogens with zero attached hydrogens (tertiary/aromatic N) is 2. The quantitative estimate of drug-likeness (QED) is 0.529. The highest BCUT2D eigenvalue weighted by Gasteiger charge is 2.24. The van der Waals surface area contributed by atoms with E-state index in [-0.39, 0.29) is 4.90 Å². The molecule has 1 heterocycles. The predicted molar refractivity (Wildman–Crippen MR) is 105 cm³/mol. The standard InChI is InChI=1S/C21H18N2O3S/c1-26-20-14-8-5-9-16(20)15-21-22-18-12-6-7-13-19(18)23(21)27(24,25)17-10-3-2-4-11-17/h2-14H,15H2,1H3. The van der Waals surface area contributed by atoms with Crippen LogP contribution in [0.4, 0.5) is 0 Å². The SMILES string of the molecule is COc1ccccc1Cc1nc2ccccc2n1S(=O)(=O)c1ccccc1. The van der Waals surface area contributed by atoms with Gasteiger partial charge in [0, 0.05) is 12.0 Å². The van der Waals surface area contributed by atoms with E-state index in [4.69, 9.17) is 4.74 Å². The molecule has 4 aromatic rings. The van der Waals surface area contributed by atoms with Crippen molar-refractivity contribution in [2.24, 2.45) is 0 Å². The number of rotatable bonds is 5. The van der Waals surface area contributed by atoms with Crippen molar-refractivity contribution in [1.82, 2.24) is 8.96 Å². The van der Waals surface area contributed by atoms with Crippen LogP contribution in [0.25, 0.3) is 11.0 Å². The molecule has 6 heteroatoms. The lowest BCUT2D eigenvalue weighted by atomic mass is 10.1. The van der Waals surface area contributed by atoms with Gasteiger partial charge >= 0.3 is 0 Å². The van der Waals surface area contributed by atoms with Crippen LogP contribution in [0.5, 0.6) is 5.75 Å². The summed E-state index contributed by atoms with van der Waals surface area (Å²) in [5.74, 6) is 1.15. The average molecular weight is 378 g/mol. The maximum atomic E-state index is 13.4. The maximum Gasteiger partial charge on any atom is 0.269 e. The molecule has 0 aliphatic carbocycles. The van der Waals surface area contributed by atoms with E-state index in [1.807, 2.05) is 42.5 Å². The van der Waals surface area contributed by atoms with E-state index in [0.717, 1.165) is 5.56 Å². The van der Waals surface area contributed by atoms with E-state index in [0.29, 0.717) is 29.0 Å². The summed E-state index contributed by atoms with van der Waals surface area (Å²) in [6.07, 6.45) is 0.338. The van der Waals surface area contributed by atoms with Gasteiger partial charge in [-0.25, -0.2) is 17.4 Å². The number of imidazole rings is 1. The number of hydrogen-bond acceptors (Lipinski definition) is 4. The van der Waals surface area contributed by atoms with E-state index >= 15 is 0 Å². The summed E-state index contributed by atoms with van der Waals surface area (Å²) in [6, 6.07) is 23.2. The van der Waals surface area contributed by atoms with Crippen molar-refractivity contribution in [1.29, 1.82) is 0 Å². The van der Waals surface area contributed by atoms with Gasteiger partial charge in [0.2, 0.25) is 0 Å².